The highest BCUT2D eigenvalue weighted by Crippen LogP contribution is 2.19. The van der Waals surface area contributed by atoms with Crippen molar-refractivity contribution in [2.75, 3.05) is 4.72 Å². The number of rotatable bonds is 4. The maximum atomic E-state index is 13.1. The first-order valence-electron chi connectivity index (χ1n) is 5.63. The number of aryl methyl sites for hydroxylation is 1. The van der Waals surface area contributed by atoms with Crippen LogP contribution in [0.4, 0.5) is 10.2 Å². The van der Waals surface area contributed by atoms with E-state index in [9.17, 15) is 12.8 Å². The molecule has 1 aromatic heterocycles. The van der Waals surface area contributed by atoms with E-state index in [-0.39, 0.29) is 22.1 Å². The molecule has 4 N–H and O–H groups in total. The second-order valence-electron chi connectivity index (χ2n) is 4.08. The van der Waals surface area contributed by atoms with E-state index in [1.54, 1.807) is 0 Å². The summed E-state index contributed by atoms with van der Waals surface area (Å²) in [4.78, 5) is -0.255. The number of hydrogen-bond acceptors (Lipinski definition) is 5. The summed E-state index contributed by atoms with van der Waals surface area (Å²) >= 11 is 0. The van der Waals surface area contributed by atoms with Crippen molar-refractivity contribution in [3.63, 3.8) is 0 Å². The van der Waals surface area contributed by atoms with Gasteiger partial charge in [0, 0.05) is 7.05 Å². The van der Waals surface area contributed by atoms with Crippen LogP contribution in [0.2, 0.25) is 0 Å². The lowest BCUT2D eigenvalue weighted by molar-refractivity contribution is 0.318. The van der Waals surface area contributed by atoms with Gasteiger partial charge in [-0.05, 0) is 18.2 Å². The second kappa shape index (κ2) is 5.40. The number of nitrogens with one attached hydrogen (secondary N) is 1. The first kappa shape index (κ1) is 14.8. The minimum absolute atomic E-state index is 0.00504. The second-order valence-corrected chi connectivity index (χ2v) is 5.76. The van der Waals surface area contributed by atoms with E-state index in [0.29, 0.717) is 0 Å². The van der Waals surface area contributed by atoms with Crippen molar-refractivity contribution in [2.24, 2.45) is 17.9 Å². The standard InChI is InChI=1S/C11H12FN5O3S/c1-17-11(9(6-14-17)10(13)15-18)16-21(19,20)8-4-2-3-7(12)5-8/h2-6,16,18H,1H3,(H2,13,15). The number of sulfonamides is 1. The molecule has 0 atom stereocenters. The van der Waals surface area contributed by atoms with Crippen molar-refractivity contribution in [2.45, 2.75) is 4.90 Å². The molecule has 0 aliphatic rings. The van der Waals surface area contributed by atoms with E-state index in [1.807, 2.05) is 0 Å². The van der Waals surface area contributed by atoms with E-state index in [1.165, 1.54) is 30.1 Å². The maximum Gasteiger partial charge on any atom is 0.263 e. The van der Waals surface area contributed by atoms with Gasteiger partial charge in [-0.3, -0.25) is 9.40 Å². The number of nitrogens with two attached hydrogens (primary N) is 1. The van der Waals surface area contributed by atoms with Crippen LogP contribution < -0.4 is 10.5 Å². The molecule has 0 bridgehead atoms. The van der Waals surface area contributed by atoms with Gasteiger partial charge in [0.25, 0.3) is 10.0 Å². The summed E-state index contributed by atoms with van der Waals surface area (Å²) in [6, 6.07) is 4.52. The molecule has 0 aliphatic carbocycles. The predicted molar refractivity (Wildman–Crippen MR) is 72.9 cm³/mol. The highest BCUT2D eigenvalue weighted by Gasteiger charge is 2.21. The first-order chi connectivity index (χ1) is 9.85. The number of oxime groups is 1. The first-order valence-corrected chi connectivity index (χ1v) is 7.12. The van der Waals surface area contributed by atoms with Crippen LogP contribution in [-0.2, 0) is 17.1 Å². The fraction of sp³-hybridized carbons (Fsp3) is 0.0909. The Balaban J connectivity index is 2.45. The molecule has 0 saturated carbocycles. The Labute approximate surface area is 119 Å². The predicted octanol–water partition coefficient (Wildman–Crippen LogP) is 0.454. The number of hydrogen-bond donors (Lipinski definition) is 3. The van der Waals surface area contributed by atoms with Crippen molar-refractivity contribution >= 4 is 21.7 Å². The molecule has 8 nitrogen and oxygen atoms in total. The Kier molecular flexibility index (Phi) is 3.80. The topological polar surface area (TPSA) is 123 Å². The summed E-state index contributed by atoms with van der Waals surface area (Å²) in [7, 11) is -2.57. The lowest BCUT2D eigenvalue weighted by Crippen LogP contribution is -2.20. The number of halogens is 1. The fourth-order valence-electron chi connectivity index (χ4n) is 1.62. The van der Waals surface area contributed by atoms with Crippen LogP contribution >= 0.6 is 0 Å². The summed E-state index contributed by atoms with van der Waals surface area (Å²) in [5, 5.41) is 15.3. The van der Waals surface area contributed by atoms with Crippen LogP contribution in [0.5, 0.6) is 0 Å². The monoisotopic (exact) mass is 313 g/mol. The molecule has 2 rings (SSSR count). The van der Waals surface area contributed by atoms with Gasteiger partial charge in [-0.25, -0.2) is 12.8 Å². The van der Waals surface area contributed by atoms with Crippen LogP contribution in [0.1, 0.15) is 5.56 Å². The Hall–Kier alpha value is -2.62. The molecule has 2 aromatic rings. The zero-order valence-electron chi connectivity index (χ0n) is 10.9. The molecule has 0 saturated heterocycles. The number of anilines is 1. The van der Waals surface area contributed by atoms with Gasteiger partial charge in [0.1, 0.15) is 11.6 Å². The van der Waals surface area contributed by atoms with Crippen LogP contribution in [0.3, 0.4) is 0 Å². The Morgan fingerprint density at radius 1 is 1.52 bits per heavy atom. The van der Waals surface area contributed by atoms with Gasteiger partial charge in [-0.15, -0.1) is 0 Å². The van der Waals surface area contributed by atoms with Crippen LogP contribution in [0.15, 0.2) is 40.5 Å². The molecule has 0 spiro atoms. The van der Waals surface area contributed by atoms with Crippen molar-refractivity contribution < 1.29 is 18.0 Å². The number of benzene rings is 1. The zero-order valence-corrected chi connectivity index (χ0v) is 11.7. The molecule has 10 heteroatoms. The Morgan fingerprint density at radius 3 is 2.86 bits per heavy atom. The van der Waals surface area contributed by atoms with E-state index < -0.39 is 15.8 Å². The molecule has 1 aromatic carbocycles. The largest absolute Gasteiger partial charge is 0.409 e. The fourth-order valence-corrected chi connectivity index (χ4v) is 2.76. The third kappa shape index (κ3) is 2.94. The van der Waals surface area contributed by atoms with Gasteiger partial charge < -0.3 is 10.9 Å². The van der Waals surface area contributed by atoms with Gasteiger partial charge in [0.05, 0.1) is 16.7 Å². The minimum Gasteiger partial charge on any atom is -0.409 e. The summed E-state index contributed by atoms with van der Waals surface area (Å²) < 4.78 is 41.0. The molecule has 0 radical (unpaired) electrons. The van der Waals surface area contributed by atoms with Crippen molar-refractivity contribution in [3.05, 3.63) is 41.8 Å². The third-order valence-electron chi connectivity index (χ3n) is 2.66. The zero-order chi connectivity index (χ0) is 15.6. The van der Waals surface area contributed by atoms with E-state index in [4.69, 9.17) is 10.9 Å². The van der Waals surface area contributed by atoms with E-state index >= 15 is 0 Å². The lowest BCUT2D eigenvalue weighted by Gasteiger charge is -2.10. The average Bonchev–Trinajstić information content (AvgIpc) is 2.79. The maximum absolute atomic E-state index is 13.1. The Bertz CT molecular complexity index is 800. The smallest absolute Gasteiger partial charge is 0.263 e. The lowest BCUT2D eigenvalue weighted by atomic mass is 10.3. The number of amidine groups is 1. The van der Waals surface area contributed by atoms with E-state index in [0.717, 1.165) is 12.1 Å². The molecule has 112 valence electrons. The van der Waals surface area contributed by atoms with Gasteiger partial charge >= 0.3 is 0 Å². The minimum atomic E-state index is -4.04. The normalized spacial score (nSPS) is 12.4. The summed E-state index contributed by atoms with van der Waals surface area (Å²) in [6.45, 7) is 0. The highest BCUT2D eigenvalue weighted by molar-refractivity contribution is 7.92. The molecule has 0 fully saturated rings. The van der Waals surface area contributed by atoms with Crippen molar-refractivity contribution in [1.82, 2.24) is 9.78 Å². The van der Waals surface area contributed by atoms with Crippen molar-refractivity contribution in [1.29, 1.82) is 0 Å². The number of aromatic nitrogens is 2. The van der Waals surface area contributed by atoms with Crippen molar-refractivity contribution in [3.8, 4) is 0 Å². The summed E-state index contributed by atoms with van der Waals surface area (Å²) in [5.41, 5.74) is 5.54. The molecule has 0 aliphatic heterocycles. The summed E-state index contributed by atoms with van der Waals surface area (Å²) in [5.74, 6) is -0.992. The van der Waals surface area contributed by atoms with Crippen LogP contribution in [-0.4, -0.2) is 29.2 Å². The van der Waals surface area contributed by atoms with Gasteiger partial charge in [0.2, 0.25) is 0 Å². The molecule has 21 heavy (non-hydrogen) atoms. The molecule has 0 unspecified atom stereocenters. The molecule has 0 amide bonds. The quantitative estimate of drug-likeness (QED) is 0.327. The number of nitrogens with zero attached hydrogens (tertiary/aromatic N) is 3. The van der Waals surface area contributed by atoms with Crippen LogP contribution in [0, 0.1) is 5.82 Å². The average molecular weight is 313 g/mol. The van der Waals surface area contributed by atoms with E-state index in [2.05, 4.69) is 15.0 Å². The third-order valence-corrected chi connectivity index (χ3v) is 4.00. The highest BCUT2D eigenvalue weighted by atomic mass is 32.2. The van der Waals surface area contributed by atoms with Gasteiger partial charge in [-0.2, -0.15) is 5.10 Å². The van der Waals surface area contributed by atoms with Gasteiger partial charge in [-0.1, -0.05) is 11.2 Å². The summed E-state index contributed by atoms with van der Waals surface area (Å²) in [6.07, 6.45) is 1.23. The van der Waals surface area contributed by atoms with Gasteiger partial charge in [0.15, 0.2) is 5.84 Å². The SMILES string of the molecule is Cn1ncc(C(N)=NO)c1NS(=O)(=O)c1cccc(F)c1. The molecule has 1 heterocycles. The van der Waals surface area contributed by atoms with Crippen LogP contribution in [0.25, 0.3) is 0 Å². The molecular formula is C11H12FN5O3S. The Morgan fingerprint density at radius 2 is 2.24 bits per heavy atom. The molecular weight excluding hydrogens is 301 g/mol.